The third-order valence-corrected chi connectivity index (χ3v) is 8.01. The van der Waals surface area contributed by atoms with Crippen molar-refractivity contribution in [2.75, 3.05) is 38.3 Å². The summed E-state index contributed by atoms with van der Waals surface area (Å²) in [7, 11) is 1.56. The molecule has 4 rings (SSSR count). The predicted molar refractivity (Wildman–Crippen MR) is 136 cm³/mol. The van der Waals surface area contributed by atoms with E-state index in [4.69, 9.17) is 14.2 Å². The second kappa shape index (κ2) is 10.7. The van der Waals surface area contributed by atoms with Gasteiger partial charge in [-0.05, 0) is 37.1 Å². The van der Waals surface area contributed by atoms with Gasteiger partial charge in [-0.3, -0.25) is 14.4 Å². The Hall–Kier alpha value is -2.69. The van der Waals surface area contributed by atoms with Crippen molar-refractivity contribution >= 4 is 39.4 Å². The van der Waals surface area contributed by atoms with Gasteiger partial charge in [0, 0.05) is 23.6 Å². The number of rotatable bonds is 11. The number of aliphatic hydroxyl groups is 1. The molecule has 2 amide bonds. The summed E-state index contributed by atoms with van der Waals surface area (Å²) in [5.41, 5.74) is -0.629. The molecule has 1 aromatic rings. The van der Waals surface area contributed by atoms with Gasteiger partial charge in [-0.1, -0.05) is 28.1 Å². The molecular weight excluding hydrogens is 532 g/mol. The molecule has 3 unspecified atom stereocenters. The Morgan fingerprint density at radius 1 is 1.31 bits per heavy atom. The molecule has 3 aliphatic rings. The van der Waals surface area contributed by atoms with E-state index < -0.39 is 35.6 Å². The number of aliphatic hydroxyl groups excluding tert-OH is 1. The minimum Gasteiger partial charge on any atom is -0.497 e. The van der Waals surface area contributed by atoms with Crippen LogP contribution in [0.3, 0.4) is 0 Å². The molecule has 0 saturated carbocycles. The van der Waals surface area contributed by atoms with Crippen LogP contribution in [-0.2, 0) is 23.9 Å². The van der Waals surface area contributed by atoms with Crippen molar-refractivity contribution in [2.45, 2.75) is 35.4 Å². The molecule has 3 aliphatic heterocycles. The van der Waals surface area contributed by atoms with Gasteiger partial charge in [-0.15, -0.1) is 13.2 Å². The van der Waals surface area contributed by atoms with Gasteiger partial charge in [0.1, 0.15) is 17.4 Å². The number of anilines is 1. The number of esters is 1. The fraction of sp³-hybridized carbons (Fsp3) is 0.500. The largest absolute Gasteiger partial charge is 0.497 e. The van der Waals surface area contributed by atoms with Crippen LogP contribution in [0.25, 0.3) is 0 Å². The zero-order valence-corrected chi connectivity index (χ0v) is 21.8. The standard InChI is InChI=1S/C26H31BrN2O7/c1-4-6-14-35-25(33)19-20-23(31)29(12-13-30)22(26(20)15-18(27)21(19)36-26)24(32)28(11-5-2)16-7-9-17(34-3)10-8-16/h4-5,7-10,18-22,30H,1-2,6,11-15H2,3H3/t18?,19-,20+,21-,22?,26?/m1/s1. The van der Waals surface area contributed by atoms with Crippen molar-refractivity contribution in [2.24, 2.45) is 11.8 Å². The van der Waals surface area contributed by atoms with E-state index in [0.717, 1.165) is 0 Å². The van der Waals surface area contributed by atoms with Gasteiger partial charge in [0.25, 0.3) is 5.91 Å². The normalized spacial score (nSPS) is 30.1. The fourth-order valence-electron chi connectivity index (χ4n) is 5.73. The topological polar surface area (TPSA) is 106 Å². The SMILES string of the molecule is C=CCCOC(=O)[C@H]1[C@@H]2OC3(CC2Br)C(C(=O)N(CC=C)c2ccc(OC)cc2)N(CCO)C(=O)[C@H]13. The van der Waals surface area contributed by atoms with E-state index in [-0.39, 0.29) is 42.9 Å². The molecule has 3 fully saturated rings. The van der Waals surface area contributed by atoms with Crippen LogP contribution < -0.4 is 9.64 Å². The number of nitrogens with zero attached hydrogens (tertiary/aromatic N) is 2. The molecule has 3 saturated heterocycles. The van der Waals surface area contributed by atoms with E-state index in [2.05, 4.69) is 29.1 Å². The maximum atomic E-state index is 14.2. The molecule has 9 nitrogen and oxygen atoms in total. The highest BCUT2D eigenvalue weighted by Gasteiger charge is 2.77. The summed E-state index contributed by atoms with van der Waals surface area (Å²) >= 11 is 3.62. The first-order chi connectivity index (χ1) is 17.3. The van der Waals surface area contributed by atoms with Crippen LogP contribution in [0.15, 0.2) is 49.6 Å². The summed E-state index contributed by atoms with van der Waals surface area (Å²) in [5, 5.41) is 9.76. The second-order valence-electron chi connectivity index (χ2n) is 9.10. The maximum absolute atomic E-state index is 14.2. The lowest BCUT2D eigenvalue weighted by Gasteiger charge is -2.37. The van der Waals surface area contributed by atoms with Crippen molar-refractivity contribution in [1.82, 2.24) is 4.90 Å². The Morgan fingerprint density at radius 2 is 2.03 bits per heavy atom. The van der Waals surface area contributed by atoms with E-state index in [1.54, 1.807) is 43.5 Å². The number of fused-ring (bicyclic) bond motifs is 1. The number of alkyl halides is 1. The second-order valence-corrected chi connectivity index (χ2v) is 10.3. The van der Waals surface area contributed by atoms with E-state index in [0.29, 0.717) is 24.3 Å². The number of benzene rings is 1. The Labute approximate surface area is 218 Å². The molecule has 10 heteroatoms. The molecule has 194 valence electrons. The highest BCUT2D eigenvalue weighted by Crippen LogP contribution is 2.60. The minimum atomic E-state index is -1.23. The lowest BCUT2D eigenvalue weighted by atomic mass is 9.70. The fourth-order valence-corrected chi connectivity index (χ4v) is 6.67. The highest BCUT2D eigenvalue weighted by molar-refractivity contribution is 9.09. The van der Waals surface area contributed by atoms with Crippen LogP contribution in [0.1, 0.15) is 12.8 Å². The number of hydrogen-bond donors (Lipinski definition) is 1. The summed E-state index contributed by atoms with van der Waals surface area (Å²) in [6.07, 6.45) is 3.50. The summed E-state index contributed by atoms with van der Waals surface area (Å²) in [6, 6.07) is 5.96. The van der Waals surface area contributed by atoms with Crippen molar-refractivity contribution in [1.29, 1.82) is 0 Å². The third-order valence-electron chi connectivity index (χ3n) is 7.16. The van der Waals surface area contributed by atoms with E-state index in [9.17, 15) is 19.5 Å². The minimum absolute atomic E-state index is 0.0583. The summed E-state index contributed by atoms with van der Waals surface area (Å²) in [4.78, 5) is 43.7. The van der Waals surface area contributed by atoms with Crippen LogP contribution in [0.2, 0.25) is 0 Å². The molecule has 0 aromatic heterocycles. The molecule has 1 spiro atoms. The number of carbonyl (C=O) groups excluding carboxylic acids is 3. The molecule has 0 aliphatic carbocycles. The molecule has 6 atom stereocenters. The van der Waals surface area contributed by atoms with Gasteiger partial charge in [-0.25, -0.2) is 0 Å². The van der Waals surface area contributed by atoms with Gasteiger partial charge in [0.15, 0.2) is 0 Å². The lowest BCUT2D eigenvalue weighted by Crippen LogP contribution is -2.57. The molecule has 1 N–H and O–H groups in total. The zero-order chi connectivity index (χ0) is 26.0. The van der Waals surface area contributed by atoms with Crippen LogP contribution in [-0.4, -0.2) is 83.8 Å². The quantitative estimate of drug-likeness (QED) is 0.190. The van der Waals surface area contributed by atoms with Gasteiger partial charge >= 0.3 is 5.97 Å². The number of likely N-dealkylation sites (tertiary alicyclic amines) is 1. The van der Waals surface area contributed by atoms with E-state index in [1.807, 2.05) is 0 Å². The number of β-amino-alcohol motifs (C(OH)–C–C–N with tert-alkyl or cyclic N) is 1. The average Bonchev–Trinajstić information content (AvgIpc) is 3.46. The Bertz CT molecular complexity index is 1030. The Balaban J connectivity index is 1.72. The van der Waals surface area contributed by atoms with Crippen molar-refractivity contribution in [3.05, 3.63) is 49.6 Å². The summed E-state index contributed by atoms with van der Waals surface area (Å²) in [6.45, 7) is 7.37. The Morgan fingerprint density at radius 3 is 2.64 bits per heavy atom. The Kier molecular flexibility index (Phi) is 7.87. The van der Waals surface area contributed by atoms with E-state index in [1.165, 1.54) is 9.80 Å². The summed E-state index contributed by atoms with van der Waals surface area (Å²) < 4.78 is 17.1. The number of halogens is 1. The number of hydrogen-bond acceptors (Lipinski definition) is 7. The monoisotopic (exact) mass is 562 g/mol. The number of amides is 2. The van der Waals surface area contributed by atoms with Crippen LogP contribution in [0, 0.1) is 11.8 Å². The zero-order valence-electron chi connectivity index (χ0n) is 20.2. The smallest absolute Gasteiger partial charge is 0.312 e. The molecular formula is C26H31BrN2O7. The number of methoxy groups -OCH3 is 1. The number of carbonyl (C=O) groups is 3. The van der Waals surface area contributed by atoms with Crippen LogP contribution in [0.4, 0.5) is 5.69 Å². The molecule has 3 heterocycles. The van der Waals surface area contributed by atoms with Gasteiger partial charge < -0.3 is 29.1 Å². The van der Waals surface area contributed by atoms with Crippen LogP contribution >= 0.6 is 15.9 Å². The van der Waals surface area contributed by atoms with Crippen LogP contribution in [0.5, 0.6) is 5.75 Å². The molecule has 1 aromatic carbocycles. The molecule has 0 radical (unpaired) electrons. The third kappa shape index (κ3) is 4.25. The average molecular weight is 563 g/mol. The first-order valence-electron chi connectivity index (χ1n) is 11.9. The first kappa shape index (κ1) is 26.4. The summed E-state index contributed by atoms with van der Waals surface area (Å²) in [5.74, 6) is -2.38. The maximum Gasteiger partial charge on any atom is 0.312 e. The van der Waals surface area contributed by atoms with Gasteiger partial charge in [0.05, 0.1) is 38.3 Å². The van der Waals surface area contributed by atoms with Crippen molar-refractivity contribution in [3.8, 4) is 5.75 Å². The predicted octanol–water partition coefficient (Wildman–Crippen LogP) is 2.07. The van der Waals surface area contributed by atoms with Gasteiger partial charge in [0.2, 0.25) is 5.91 Å². The molecule has 36 heavy (non-hydrogen) atoms. The lowest BCUT2D eigenvalue weighted by molar-refractivity contribution is -0.154. The highest BCUT2D eigenvalue weighted by atomic mass is 79.9. The number of ether oxygens (including phenoxy) is 3. The first-order valence-corrected chi connectivity index (χ1v) is 12.8. The van der Waals surface area contributed by atoms with Crippen molar-refractivity contribution in [3.63, 3.8) is 0 Å². The van der Waals surface area contributed by atoms with Gasteiger partial charge in [-0.2, -0.15) is 0 Å². The van der Waals surface area contributed by atoms with Crippen molar-refractivity contribution < 1.29 is 33.7 Å². The molecule has 2 bridgehead atoms. The van der Waals surface area contributed by atoms with E-state index >= 15 is 0 Å².